The minimum Gasteiger partial charge on any atom is -0.394 e. The van der Waals surface area contributed by atoms with Crippen LogP contribution < -0.4 is 0 Å². The second-order valence-corrected chi connectivity index (χ2v) is 7.40. The van der Waals surface area contributed by atoms with Crippen LogP contribution in [-0.4, -0.2) is 146 Å². The Bertz CT molecular complexity index is 550. The Kier molecular flexibility index (Phi) is 7.97. The Morgan fingerprint density at radius 2 is 1.20 bits per heavy atom. The van der Waals surface area contributed by atoms with Crippen molar-refractivity contribution in [3.63, 3.8) is 0 Å². The molecule has 3 heterocycles. The van der Waals surface area contributed by atoms with Crippen molar-refractivity contribution in [2.24, 2.45) is 0 Å². The van der Waals surface area contributed by atoms with Crippen molar-refractivity contribution in [3.8, 4) is 0 Å². The van der Waals surface area contributed by atoms with E-state index in [1.807, 2.05) is 0 Å². The second-order valence-electron chi connectivity index (χ2n) is 7.40. The molecule has 13 unspecified atom stereocenters. The lowest BCUT2D eigenvalue weighted by Crippen LogP contribution is -2.60. The van der Waals surface area contributed by atoms with E-state index in [0.717, 1.165) is 0 Å². The summed E-state index contributed by atoms with van der Waals surface area (Å²) in [7, 11) is 0. The molecule has 0 amide bonds. The third kappa shape index (κ3) is 4.62. The predicted molar refractivity (Wildman–Crippen MR) is 89.2 cm³/mol. The van der Waals surface area contributed by atoms with Gasteiger partial charge >= 0.3 is 0 Å². The highest BCUT2D eigenvalue weighted by molar-refractivity contribution is 4.94. The average Bonchev–Trinajstić information content (AvgIpc) is 3.03. The summed E-state index contributed by atoms with van der Waals surface area (Å²) in [5.74, 6) is 0. The topological polar surface area (TPSA) is 228 Å². The maximum absolute atomic E-state index is 10.5. The molecule has 0 spiro atoms. The number of aliphatic hydroxyl groups excluding tert-OH is 9. The van der Waals surface area contributed by atoms with Crippen LogP contribution >= 0.6 is 0 Å². The fourth-order valence-electron chi connectivity index (χ4n) is 3.57. The van der Waals surface area contributed by atoms with Crippen LogP contribution in [-0.2, 0) is 23.7 Å². The molecule has 0 bridgehead atoms. The fraction of sp³-hybridized carbons (Fsp3) is 1.00. The van der Waals surface area contributed by atoms with Gasteiger partial charge in [-0.1, -0.05) is 0 Å². The van der Waals surface area contributed by atoms with Crippen molar-refractivity contribution in [3.05, 3.63) is 0 Å². The lowest BCUT2D eigenvalue weighted by molar-refractivity contribution is -0.319. The van der Waals surface area contributed by atoms with Gasteiger partial charge in [0.15, 0.2) is 18.9 Å². The van der Waals surface area contributed by atoms with E-state index in [4.69, 9.17) is 23.7 Å². The number of hydrogen-bond acceptors (Lipinski definition) is 14. The van der Waals surface area contributed by atoms with Crippen molar-refractivity contribution in [1.29, 1.82) is 0 Å². The van der Waals surface area contributed by atoms with Crippen LogP contribution in [0.1, 0.15) is 0 Å². The molecular weight excluding hydrogens is 416 g/mol. The van der Waals surface area contributed by atoms with Gasteiger partial charge in [-0.25, -0.2) is 0 Å². The van der Waals surface area contributed by atoms with Crippen LogP contribution in [0.15, 0.2) is 0 Å². The summed E-state index contributed by atoms with van der Waals surface area (Å²) >= 11 is 0. The van der Waals surface area contributed by atoms with Gasteiger partial charge < -0.3 is 69.6 Å². The monoisotopic (exact) mass is 444 g/mol. The van der Waals surface area contributed by atoms with Crippen LogP contribution in [0.2, 0.25) is 0 Å². The standard InChI is InChI=1S/C16H28O14/c17-1-5-7(20)8(21)9(22)15(27-5)30-13-6(2-18)28-16(11(13)24)29-12-4(19)3-26-14(25)10(12)23/h4-25H,1-3H2. The van der Waals surface area contributed by atoms with E-state index in [1.165, 1.54) is 0 Å². The first kappa shape index (κ1) is 24.1. The minimum absolute atomic E-state index is 0.347. The van der Waals surface area contributed by atoms with Gasteiger partial charge in [0.05, 0.1) is 19.8 Å². The third-order valence-electron chi connectivity index (χ3n) is 5.35. The van der Waals surface area contributed by atoms with Crippen LogP contribution in [0.4, 0.5) is 0 Å². The zero-order chi connectivity index (χ0) is 22.2. The zero-order valence-electron chi connectivity index (χ0n) is 15.7. The minimum atomic E-state index is -1.75. The first-order chi connectivity index (χ1) is 14.2. The number of rotatable bonds is 6. The van der Waals surface area contributed by atoms with E-state index in [-0.39, 0.29) is 6.61 Å². The van der Waals surface area contributed by atoms with Gasteiger partial charge in [-0.05, 0) is 0 Å². The van der Waals surface area contributed by atoms with Crippen LogP contribution in [0, 0.1) is 0 Å². The molecule has 3 aliphatic rings. The lowest BCUT2D eigenvalue weighted by atomic mass is 9.99. The van der Waals surface area contributed by atoms with Crippen molar-refractivity contribution < 1.29 is 69.6 Å². The van der Waals surface area contributed by atoms with Crippen molar-refractivity contribution in [2.45, 2.75) is 79.9 Å². The van der Waals surface area contributed by atoms with Gasteiger partial charge in [-0.15, -0.1) is 0 Å². The van der Waals surface area contributed by atoms with E-state index >= 15 is 0 Å². The Balaban J connectivity index is 1.68. The molecule has 9 N–H and O–H groups in total. The van der Waals surface area contributed by atoms with Crippen LogP contribution in [0.25, 0.3) is 0 Å². The quantitative estimate of drug-likeness (QED) is 0.186. The molecule has 0 saturated carbocycles. The lowest BCUT2D eigenvalue weighted by Gasteiger charge is -2.41. The van der Waals surface area contributed by atoms with Crippen molar-refractivity contribution in [1.82, 2.24) is 0 Å². The fourth-order valence-corrected chi connectivity index (χ4v) is 3.57. The second kappa shape index (κ2) is 9.93. The predicted octanol–water partition coefficient (Wildman–Crippen LogP) is -6.29. The molecule has 0 aromatic carbocycles. The zero-order valence-corrected chi connectivity index (χ0v) is 15.7. The number of hydrogen-bond donors (Lipinski definition) is 9. The summed E-state index contributed by atoms with van der Waals surface area (Å²) < 4.78 is 26.2. The molecule has 0 radical (unpaired) electrons. The molecule has 3 rings (SSSR count). The summed E-state index contributed by atoms with van der Waals surface area (Å²) in [5.41, 5.74) is 0. The molecule has 3 fully saturated rings. The van der Waals surface area contributed by atoms with Gasteiger partial charge in [0.2, 0.25) is 0 Å². The SMILES string of the molecule is OCC1OC(OC2C(CO)OC(OC3C(O)COC(O)C3O)C2O)C(O)C(O)C1O. The number of ether oxygens (including phenoxy) is 5. The van der Waals surface area contributed by atoms with Gasteiger partial charge in [-0.2, -0.15) is 0 Å². The van der Waals surface area contributed by atoms with Crippen molar-refractivity contribution in [2.75, 3.05) is 19.8 Å². The van der Waals surface area contributed by atoms with Crippen LogP contribution in [0.3, 0.4) is 0 Å². The van der Waals surface area contributed by atoms with Gasteiger partial charge in [0.1, 0.15) is 61.0 Å². The molecule has 176 valence electrons. The highest BCUT2D eigenvalue weighted by Crippen LogP contribution is 2.31. The molecular formula is C16H28O14. The normalized spacial score (nSPS) is 52.5. The number of aliphatic hydroxyl groups is 9. The Labute approximate surface area is 170 Å². The van der Waals surface area contributed by atoms with Crippen LogP contribution in [0.5, 0.6) is 0 Å². The third-order valence-corrected chi connectivity index (χ3v) is 5.35. The summed E-state index contributed by atoms with van der Waals surface area (Å²) in [6, 6.07) is 0. The van der Waals surface area contributed by atoms with Gasteiger partial charge in [0.25, 0.3) is 0 Å². The highest BCUT2D eigenvalue weighted by atomic mass is 16.8. The van der Waals surface area contributed by atoms with Gasteiger partial charge in [0, 0.05) is 0 Å². The van der Waals surface area contributed by atoms with E-state index < -0.39 is 93.1 Å². The summed E-state index contributed by atoms with van der Waals surface area (Å²) in [4.78, 5) is 0. The average molecular weight is 444 g/mol. The molecule has 14 nitrogen and oxygen atoms in total. The Morgan fingerprint density at radius 3 is 1.83 bits per heavy atom. The highest BCUT2D eigenvalue weighted by Gasteiger charge is 2.52. The Morgan fingerprint density at radius 1 is 0.633 bits per heavy atom. The first-order valence-corrected chi connectivity index (χ1v) is 9.41. The molecule has 3 saturated heterocycles. The van der Waals surface area contributed by atoms with E-state index in [2.05, 4.69) is 0 Å². The van der Waals surface area contributed by atoms with E-state index in [1.54, 1.807) is 0 Å². The molecule has 3 aliphatic heterocycles. The molecule has 30 heavy (non-hydrogen) atoms. The summed E-state index contributed by atoms with van der Waals surface area (Å²) in [6.07, 6.45) is -19.6. The van der Waals surface area contributed by atoms with Crippen molar-refractivity contribution >= 4 is 0 Å². The molecule has 0 aromatic heterocycles. The summed E-state index contributed by atoms with van der Waals surface area (Å²) in [6.45, 7) is -1.70. The Hall–Kier alpha value is -0.560. The maximum Gasteiger partial charge on any atom is 0.187 e. The smallest absolute Gasteiger partial charge is 0.187 e. The summed E-state index contributed by atoms with van der Waals surface area (Å²) in [5, 5.41) is 88.5. The van der Waals surface area contributed by atoms with E-state index in [0.29, 0.717) is 0 Å². The first-order valence-electron chi connectivity index (χ1n) is 9.41. The molecule has 13 atom stereocenters. The maximum atomic E-state index is 10.5. The van der Waals surface area contributed by atoms with E-state index in [9.17, 15) is 46.0 Å². The molecule has 14 heteroatoms. The van der Waals surface area contributed by atoms with Gasteiger partial charge in [-0.3, -0.25) is 0 Å². The largest absolute Gasteiger partial charge is 0.394 e. The molecule has 0 aromatic rings. The molecule has 0 aliphatic carbocycles.